The largest absolute Gasteiger partial charge is 0.465 e. The summed E-state index contributed by atoms with van der Waals surface area (Å²) in [6.07, 6.45) is 6.63. The van der Waals surface area contributed by atoms with Crippen molar-refractivity contribution in [1.29, 1.82) is 0 Å². The van der Waals surface area contributed by atoms with Gasteiger partial charge >= 0.3 is 11.9 Å². The molecule has 2 heterocycles. The minimum atomic E-state index is -0.652. The Balaban J connectivity index is 1.30. The van der Waals surface area contributed by atoms with Crippen LogP contribution in [0.25, 0.3) is 11.1 Å². The van der Waals surface area contributed by atoms with Gasteiger partial charge in [0.25, 0.3) is 5.91 Å². The second-order valence-corrected chi connectivity index (χ2v) is 9.52. The normalized spacial score (nSPS) is 15.0. The van der Waals surface area contributed by atoms with E-state index in [0.717, 1.165) is 16.8 Å². The van der Waals surface area contributed by atoms with Crippen LogP contribution in [0.2, 0.25) is 0 Å². The molecule has 0 N–H and O–H groups in total. The number of benzene rings is 3. The molecule has 0 aromatic heterocycles. The molecule has 208 valence electrons. The van der Waals surface area contributed by atoms with Crippen LogP contribution < -0.4 is 9.80 Å². The molecule has 0 atom stereocenters. The fourth-order valence-corrected chi connectivity index (χ4v) is 5.07. The lowest BCUT2D eigenvalue weighted by Gasteiger charge is -2.36. The molecule has 1 fully saturated rings. The van der Waals surface area contributed by atoms with E-state index in [-0.39, 0.29) is 17.2 Å². The molecule has 5 rings (SSSR count). The number of amides is 1. The molecular weight excluding hydrogens is 518 g/mol. The number of nitrogens with zero attached hydrogens (tertiary/aromatic N) is 3. The summed E-state index contributed by atoms with van der Waals surface area (Å²) in [7, 11) is 2.54. The van der Waals surface area contributed by atoms with Gasteiger partial charge in [0.2, 0.25) is 0 Å². The summed E-state index contributed by atoms with van der Waals surface area (Å²) in [6, 6.07) is 25.4. The van der Waals surface area contributed by atoms with Crippen LogP contribution in [0, 0.1) is 0 Å². The summed E-state index contributed by atoms with van der Waals surface area (Å²) in [6.45, 7) is 2.57. The maximum absolute atomic E-state index is 13.5. The van der Waals surface area contributed by atoms with Crippen molar-refractivity contribution < 1.29 is 23.9 Å². The molecule has 8 nitrogen and oxygen atoms in total. The zero-order valence-electron chi connectivity index (χ0n) is 23.0. The number of carbonyl (C=O) groups is 3. The quantitative estimate of drug-likeness (QED) is 0.409. The first-order valence-corrected chi connectivity index (χ1v) is 13.4. The number of anilines is 2. The number of esters is 2. The van der Waals surface area contributed by atoms with Crippen LogP contribution in [0.5, 0.6) is 0 Å². The Morgan fingerprint density at radius 1 is 0.683 bits per heavy atom. The average Bonchev–Trinajstić information content (AvgIpc) is 3.27. The van der Waals surface area contributed by atoms with E-state index in [4.69, 9.17) is 9.47 Å². The SMILES string of the molecule is COC(=O)C1=C(C(=O)OC)N(c2ccc(N3CCN(C(=O)c4ccccc4-c4ccccc4)CC3)cc2)C=CC=C1. The van der Waals surface area contributed by atoms with E-state index in [2.05, 4.69) is 4.90 Å². The predicted molar refractivity (Wildman–Crippen MR) is 158 cm³/mol. The van der Waals surface area contributed by atoms with Gasteiger partial charge in [0, 0.05) is 49.3 Å². The highest BCUT2D eigenvalue weighted by molar-refractivity contribution is 6.05. The van der Waals surface area contributed by atoms with Crippen molar-refractivity contribution >= 4 is 29.2 Å². The molecule has 0 radical (unpaired) electrons. The number of allylic oxidation sites excluding steroid dienone is 2. The molecule has 8 heteroatoms. The zero-order valence-corrected chi connectivity index (χ0v) is 23.0. The molecule has 2 aliphatic heterocycles. The molecule has 0 aliphatic carbocycles. The minimum Gasteiger partial charge on any atom is -0.465 e. The molecule has 1 amide bonds. The van der Waals surface area contributed by atoms with E-state index in [0.29, 0.717) is 37.4 Å². The minimum absolute atomic E-state index is 0.0320. The Labute approximate surface area is 239 Å². The molecule has 2 aliphatic rings. The summed E-state index contributed by atoms with van der Waals surface area (Å²) in [5.74, 6) is -1.25. The molecule has 3 aromatic rings. The van der Waals surface area contributed by atoms with Crippen LogP contribution in [-0.2, 0) is 19.1 Å². The maximum atomic E-state index is 13.5. The van der Waals surface area contributed by atoms with Crippen molar-refractivity contribution in [3.63, 3.8) is 0 Å². The number of methoxy groups -OCH3 is 2. The van der Waals surface area contributed by atoms with Gasteiger partial charge in [-0.05, 0) is 53.6 Å². The lowest BCUT2D eigenvalue weighted by atomic mass is 9.98. The second-order valence-electron chi connectivity index (χ2n) is 9.52. The molecule has 0 spiro atoms. The van der Waals surface area contributed by atoms with E-state index in [1.54, 1.807) is 23.3 Å². The van der Waals surface area contributed by atoms with Gasteiger partial charge in [-0.3, -0.25) is 4.79 Å². The van der Waals surface area contributed by atoms with Crippen molar-refractivity contribution in [3.05, 3.63) is 120 Å². The molecule has 1 saturated heterocycles. The Hall–Kier alpha value is -5.11. The van der Waals surface area contributed by atoms with Gasteiger partial charge in [-0.2, -0.15) is 0 Å². The number of rotatable bonds is 6. The van der Waals surface area contributed by atoms with Gasteiger partial charge in [-0.1, -0.05) is 54.6 Å². The highest BCUT2D eigenvalue weighted by Gasteiger charge is 2.28. The molecule has 0 bridgehead atoms. The molecule has 41 heavy (non-hydrogen) atoms. The number of hydrogen-bond acceptors (Lipinski definition) is 7. The molecular formula is C33H31N3O5. The van der Waals surface area contributed by atoms with Crippen LogP contribution in [-0.4, -0.2) is 63.1 Å². The average molecular weight is 550 g/mol. The smallest absolute Gasteiger partial charge is 0.355 e. The van der Waals surface area contributed by atoms with Gasteiger partial charge in [-0.15, -0.1) is 0 Å². The first-order chi connectivity index (χ1) is 20.0. The Kier molecular flexibility index (Phi) is 8.29. The first kappa shape index (κ1) is 27.5. The van der Waals surface area contributed by atoms with Crippen molar-refractivity contribution in [1.82, 2.24) is 4.90 Å². The summed E-state index contributed by atoms with van der Waals surface area (Å²) in [4.78, 5) is 44.4. The lowest BCUT2D eigenvalue weighted by Crippen LogP contribution is -2.48. The van der Waals surface area contributed by atoms with Crippen molar-refractivity contribution in [2.75, 3.05) is 50.2 Å². The topological polar surface area (TPSA) is 79.4 Å². The third-order valence-corrected chi connectivity index (χ3v) is 7.19. The van der Waals surface area contributed by atoms with Crippen molar-refractivity contribution in [2.24, 2.45) is 0 Å². The fraction of sp³-hybridized carbons (Fsp3) is 0.182. The molecule has 0 unspecified atom stereocenters. The summed E-state index contributed by atoms with van der Waals surface area (Å²) >= 11 is 0. The standard InChI is InChI=1S/C33H31N3O5/c1-40-32(38)29-14-8-9-19-36(30(29)33(39)41-2)26-17-15-25(16-18-26)34-20-22-35(23-21-34)31(37)28-13-7-6-12-27(28)24-10-4-3-5-11-24/h3-19H,20-23H2,1-2H3. The third kappa shape index (κ3) is 5.77. The zero-order chi connectivity index (χ0) is 28.8. The van der Waals surface area contributed by atoms with Gasteiger partial charge in [0.05, 0.1) is 19.8 Å². The summed E-state index contributed by atoms with van der Waals surface area (Å²) in [5, 5.41) is 0. The second kappa shape index (κ2) is 12.4. The Morgan fingerprint density at radius 3 is 2.00 bits per heavy atom. The van der Waals surface area contributed by atoms with E-state index in [1.807, 2.05) is 83.8 Å². The molecule has 3 aromatic carbocycles. The lowest BCUT2D eigenvalue weighted by molar-refractivity contribution is -0.139. The third-order valence-electron chi connectivity index (χ3n) is 7.19. The van der Waals surface area contributed by atoms with Crippen LogP contribution in [0.15, 0.2) is 115 Å². The monoisotopic (exact) mass is 549 g/mol. The van der Waals surface area contributed by atoms with Crippen LogP contribution in [0.4, 0.5) is 11.4 Å². The van der Waals surface area contributed by atoms with Gasteiger partial charge < -0.3 is 24.2 Å². The Morgan fingerprint density at radius 2 is 1.32 bits per heavy atom. The molecule has 0 saturated carbocycles. The Bertz CT molecular complexity index is 1520. The maximum Gasteiger partial charge on any atom is 0.355 e. The number of ether oxygens (including phenoxy) is 2. The number of hydrogen-bond donors (Lipinski definition) is 0. The summed E-state index contributed by atoms with van der Waals surface area (Å²) in [5.41, 5.74) is 4.51. The first-order valence-electron chi connectivity index (χ1n) is 13.4. The highest BCUT2D eigenvalue weighted by Crippen LogP contribution is 2.29. The van der Waals surface area contributed by atoms with Crippen LogP contribution in [0.3, 0.4) is 0 Å². The number of piperazine rings is 1. The number of carbonyl (C=O) groups excluding carboxylic acids is 3. The summed E-state index contributed by atoms with van der Waals surface area (Å²) < 4.78 is 9.87. The van der Waals surface area contributed by atoms with Gasteiger partial charge in [0.15, 0.2) is 0 Å². The highest BCUT2D eigenvalue weighted by atomic mass is 16.5. The van der Waals surface area contributed by atoms with E-state index in [1.165, 1.54) is 20.3 Å². The van der Waals surface area contributed by atoms with Gasteiger partial charge in [-0.25, -0.2) is 9.59 Å². The van der Waals surface area contributed by atoms with Crippen molar-refractivity contribution in [2.45, 2.75) is 0 Å². The van der Waals surface area contributed by atoms with E-state index in [9.17, 15) is 14.4 Å². The van der Waals surface area contributed by atoms with E-state index < -0.39 is 11.9 Å². The van der Waals surface area contributed by atoms with Crippen LogP contribution in [0.1, 0.15) is 10.4 Å². The van der Waals surface area contributed by atoms with Gasteiger partial charge in [0.1, 0.15) is 5.70 Å². The van der Waals surface area contributed by atoms with Crippen molar-refractivity contribution in [3.8, 4) is 11.1 Å². The van der Waals surface area contributed by atoms with Crippen LogP contribution >= 0.6 is 0 Å². The van der Waals surface area contributed by atoms with E-state index >= 15 is 0 Å². The fourth-order valence-electron chi connectivity index (χ4n) is 5.07. The predicted octanol–water partition coefficient (Wildman–Crippen LogP) is 4.81.